The first-order chi connectivity index (χ1) is 14.8. The molecule has 3 nitrogen and oxygen atoms in total. The van der Waals surface area contributed by atoms with Crippen LogP contribution in [-0.2, 0) is 17.6 Å². The molecule has 1 atom stereocenters. The van der Waals surface area contributed by atoms with Crippen molar-refractivity contribution < 1.29 is 18.0 Å². The van der Waals surface area contributed by atoms with Crippen LogP contribution in [0.5, 0.6) is 0 Å². The second kappa shape index (κ2) is 9.15. The first kappa shape index (κ1) is 22.1. The van der Waals surface area contributed by atoms with Crippen molar-refractivity contribution in [3.8, 4) is 0 Å². The number of nitrogens with one attached hydrogen (secondary N) is 1. The molecule has 1 heterocycles. The third kappa shape index (κ3) is 5.03. The zero-order valence-corrected chi connectivity index (χ0v) is 18.3. The number of carbonyl (C=O) groups is 1. The third-order valence-corrected chi connectivity index (χ3v) is 7.31. The van der Waals surface area contributed by atoms with Gasteiger partial charge in [0.25, 0.3) is 0 Å². The van der Waals surface area contributed by atoms with E-state index in [0.29, 0.717) is 12.8 Å². The summed E-state index contributed by atoms with van der Waals surface area (Å²) in [5.41, 5.74) is 3.51. The van der Waals surface area contributed by atoms with Crippen molar-refractivity contribution in [2.75, 3.05) is 23.9 Å². The van der Waals surface area contributed by atoms with Crippen LogP contribution in [0.15, 0.2) is 48.5 Å². The Balaban J connectivity index is 1.46. The summed E-state index contributed by atoms with van der Waals surface area (Å²) < 4.78 is 41.8. The summed E-state index contributed by atoms with van der Waals surface area (Å²) in [5.74, 6) is 0.924. The molecular weight excluding hydrogens is 421 g/mol. The summed E-state index contributed by atoms with van der Waals surface area (Å²) >= 11 is 1.75. The van der Waals surface area contributed by atoms with Gasteiger partial charge in [-0.25, -0.2) is 0 Å². The minimum atomic E-state index is -4.53. The maximum Gasteiger partial charge on any atom is 0.413 e. The number of amides is 1. The monoisotopic (exact) mass is 448 g/mol. The lowest BCUT2D eigenvalue weighted by molar-refractivity contribution is -0.190. The predicted molar refractivity (Wildman–Crippen MR) is 119 cm³/mol. The molecule has 1 aliphatic carbocycles. The number of fused-ring (bicyclic) bond motifs is 1. The molecule has 1 fully saturated rings. The summed E-state index contributed by atoms with van der Waals surface area (Å²) in [7, 11) is 1.28. The molecule has 166 valence electrons. The van der Waals surface area contributed by atoms with Gasteiger partial charge in [-0.1, -0.05) is 36.4 Å². The van der Waals surface area contributed by atoms with E-state index in [-0.39, 0.29) is 17.5 Å². The van der Waals surface area contributed by atoms with Gasteiger partial charge in [-0.3, -0.25) is 4.79 Å². The van der Waals surface area contributed by atoms with Crippen LogP contribution in [-0.4, -0.2) is 41.6 Å². The standard InChI is InChI=1S/C24H27F3N2OS/c1-29(23(30)17-10-12-31-13-11-17)22(24(25,26)27)16-6-8-20(9-7-16)28-21-14-18-4-2-3-5-19(18)15-21/h2-9,17,21-22,28H,10-15H2,1H3. The fourth-order valence-corrected chi connectivity index (χ4v) is 5.76. The van der Waals surface area contributed by atoms with Gasteiger partial charge in [0.15, 0.2) is 6.04 Å². The fraction of sp³-hybridized carbons (Fsp3) is 0.458. The van der Waals surface area contributed by atoms with E-state index in [2.05, 4.69) is 17.4 Å². The molecule has 7 heteroatoms. The van der Waals surface area contributed by atoms with E-state index in [4.69, 9.17) is 0 Å². The number of nitrogens with zero attached hydrogens (tertiary/aromatic N) is 1. The lowest BCUT2D eigenvalue weighted by Crippen LogP contribution is -2.43. The van der Waals surface area contributed by atoms with Gasteiger partial charge >= 0.3 is 6.18 Å². The van der Waals surface area contributed by atoms with Gasteiger partial charge in [0.2, 0.25) is 5.91 Å². The van der Waals surface area contributed by atoms with Crippen LogP contribution in [0.2, 0.25) is 0 Å². The molecule has 1 unspecified atom stereocenters. The highest BCUT2D eigenvalue weighted by Crippen LogP contribution is 2.39. The van der Waals surface area contributed by atoms with E-state index in [1.807, 2.05) is 12.1 Å². The Morgan fingerprint density at radius 1 is 1.03 bits per heavy atom. The maximum absolute atomic E-state index is 13.9. The van der Waals surface area contributed by atoms with Crippen LogP contribution in [0.4, 0.5) is 18.9 Å². The molecule has 2 aliphatic rings. The number of carbonyl (C=O) groups excluding carboxylic acids is 1. The number of hydrogen-bond donors (Lipinski definition) is 1. The number of halogens is 3. The molecule has 1 N–H and O–H groups in total. The number of thioether (sulfide) groups is 1. The maximum atomic E-state index is 13.9. The third-order valence-electron chi connectivity index (χ3n) is 6.26. The second-order valence-electron chi connectivity index (χ2n) is 8.42. The van der Waals surface area contributed by atoms with Crippen molar-refractivity contribution in [1.82, 2.24) is 4.90 Å². The zero-order chi connectivity index (χ0) is 22.0. The van der Waals surface area contributed by atoms with Crippen molar-refractivity contribution in [3.63, 3.8) is 0 Å². The van der Waals surface area contributed by atoms with Crippen molar-refractivity contribution >= 4 is 23.4 Å². The van der Waals surface area contributed by atoms with Crippen LogP contribution < -0.4 is 5.32 Å². The van der Waals surface area contributed by atoms with Gasteiger partial charge < -0.3 is 10.2 Å². The summed E-state index contributed by atoms with van der Waals surface area (Å²) in [4.78, 5) is 13.7. The molecule has 4 rings (SSSR count). The lowest BCUT2D eigenvalue weighted by atomic mass is 9.98. The van der Waals surface area contributed by atoms with E-state index in [1.165, 1.54) is 30.3 Å². The van der Waals surface area contributed by atoms with Gasteiger partial charge in [-0.15, -0.1) is 0 Å². The second-order valence-corrected chi connectivity index (χ2v) is 9.64. The first-order valence-corrected chi connectivity index (χ1v) is 11.8. The number of alkyl halides is 3. The highest BCUT2D eigenvalue weighted by Gasteiger charge is 2.46. The van der Waals surface area contributed by atoms with E-state index in [0.717, 1.165) is 34.9 Å². The number of anilines is 1. The summed E-state index contributed by atoms with van der Waals surface area (Å²) in [6, 6.07) is 12.9. The van der Waals surface area contributed by atoms with Gasteiger partial charge in [0, 0.05) is 24.7 Å². The molecule has 31 heavy (non-hydrogen) atoms. The molecule has 0 radical (unpaired) electrons. The fourth-order valence-electron chi connectivity index (χ4n) is 4.65. The molecule has 2 aromatic rings. The van der Waals surface area contributed by atoms with E-state index in [9.17, 15) is 18.0 Å². The number of rotatable bonds is 5. The van der Waals surface area contributed by atoms with Crippen molar-refractivity contribution in [2.45, 2.75) is 43.9 Å². The van der Waals surface area contributed by atoms with Crippen molar-refractivity contribution in [2.24, 2.45) is 5.92 Å². The Hall–Kier alpha value is -2.15. The summed E-state index contributed by atoms with van der Waals surface area (Å²) in [6.07, 6.45) is -1.44. The van der Waals surface area contributed by atoms with Gasteiger partial charge in [0.1, 0.15) is 0 Å². The average molecular weight is 449 g/mol. The molecular formula is C24H27F3N2OS. The molecule has 0 spiro atoms. The SMILES string of the molecule is CN(C(=O)C1CCSCC1)C(c1ccc(NC2Cc3ccccc3C2)cc1)C(F)(F)F. The highest BCUT2D eigenvalue weighted by atomic mass is 32.2. The van der Waals surface area contributed by atoms with Crippen LogP contribution in [0.25, 0.3) is 0 Å². The van der Waals surface area contributed by atoms with Crippen LogP contribution in [0.1, 0.15) is 35.6 Å². The Bertz CT molecular complexity index is 885. The van der Waals surface area contributed by atoms with Crippen LogP contribution >= 0.6 is 11.8 Å². The minimum Gasteiger partial charge on any atom is -0.382 e. The predicted octanol–water partition coefficient (Wildman–Crippen LogP) is 5.47. The van der Waals surface area contributed by atoms with E-state index >= 15 is 0 Å². The Kier molecular flexibility index (Phi) is 6.51. The molecule has 1 saturated heterocycles. The first-order valence-electron chi connectivity index (χ1n) is 10.7. The molecule has 1 amide bonds. The Morgan fingerprint density at radius 2 is 1.61 bits per heavy atom. The Morgan fingerprint density at radius 3 is 2.16 bits per heavy atom. The van der Waals surface area contributed by atoms with Gasteiger partial charge in [-0.2, -0.15) is 24.9 Å². The zero-order valence-electron chi connectivity index (χ0n) is 17.5. The quantitative estimate of drug-likeness (QED) is 0.658. The van der Waals surface area contributed by atoms with Crippen molar-refractivity contribution in [1.29, 1.82) is 0 Å². The van der Waals surface area contributed by atoms with E-state index in [1.54, 1.807) is 23.9 Å². The van der Waals surface area contributed by atoms with Crippen LogP contribution in [0, 0.1) is 5.92 Å². The molecule has 1 aliphatic heterocycles. The molecule has 0 bridgehead atoms. The van der Waals surface area contributed by atoms with Gasteiger partial charge in [0.05, 0.1) is 0 Å². The smallest absolute Gasteiger partial charge is 0.382 e. The normalized spacial score (nSPS) is 18.5. The Labute approximate surface area is 185 Å². The average Bonchev–Trinajstić information content (AvgIpc) is 3.16. The van der Waals surface area contributed by atoms with Crippen molar-refractivity contribution in [3.05, 3.63) is 65.2 Å². The van der Waals surface area contributed by atoms with Crippen LogP contribution in [0.3, 0.4) is 0 Å². The topological polar surface area (TPSA) is 32.3 Å². The minimum absolute atomic E-state index is 0.0915. The largest absolute Gasteiger partial charge is 0.413 e. The lowest BCUT2D eigenvalue weighted by Gasteiger charge is -2.34. The van der Waals surface area contributed by atoms with E-state index < -0.39 is 18.1 Å². The molecule has 2 aromatic carbocycles. The number of hydrogen-bond acceptors (Lipinski definition) is 3. The highest BCUT2D eigenvalue weighted by molar-refractivity contribution is 7.99. The summed E-state index contributed by atoms with van der Waals surface area (Å²) in [6.45, 7) is 0. The molecule has 0 saturated carbocycles. The van der Waals surface area contributed by atoms with Gasteiger partial charge in [-0.05, 0) is 66.0 Å². The summed E-state index contributed by atoms with van der Waals surface area (Å²) in [5, 5.41) is 3.43. The molecule has 0 aromatic heterocycles. The number of benzene rings is 2.